The zero-order valence-electron chi connectivity index (χ0n) is 8.03. The third-order valence-electron chi connectivity index (χ3n) is 2.87. The van der Waals surface area contributed by atoms with E-state index in [0.717, 1.165) is 25.7 Å². The van der Waals surface area contributed by atoms with E-state index in [9.17, 15) is 0 Å². The lowest BCUT2D eigenvalue weighted by Gasteiger charge is -2.30. The molecule has 0 radical (unpaired) electrons. The summed E-state index contributed by atoms with van der Waals surface area (Å²) in [4.78, 5) is 0. The van der Waals surface area contributed by atoms with Crippen LogP contribution in [0.2, 0.25) is 0 Å². The van der Waals surface area contributed by atoms with Crippen molar-refractivity contribution < 1.29 is 18.9 Å². The van der Waals surface area contributed by atoms with Gasteiger partial charge in [-0.2, -0.15) is 0 Å². The van der Waals surface area contributed by atoms with Gasteiger partial charge in [0.15, 0.2) is 0 Å². The molecule has 4 heteroatoms. The minimum Gasteiger partial charge on any atom is -0.468 e. The molecule has 2 unspecified atom stereocenters. The second-order valence-corrected chi connectivity index (χ2v) is 3.96. The summed E-state index contributed by atoms with van der Waals surface area (Å²) in [5, 5.41) is 0. The number of hydrogen-bond acceptors (Lipinski definition) is 4. The van der Waals surface area contributed by atoms with Crippen LogP contribution in [0.3, 0.4) is 0 Å². The minimum absolute atomic E-state index is 0.470. The molecule has 0 bridgehead atoms. The van der Waals surface area contributed by atoms with E-state index in [2.05, 4.69) is 0 Å². The highest BCUT2D eigenvalue weighted by Crippen LogP contribution is 2.42. The first kappa shape index (κ1) is 8.71. The Labute approximate surface area is 82.8 Å². The topological polar surface area (TPSA) is 36.9 Å². The standard InChI is InChI=1S/C10H14O4/c1-2-6-11-9(4-1)8-13-10(14-9)5-3-7-12-10/h2,6H,1,3-5,7-8H2. The molecule has 2 saturated heterocycles. The summed E-state index contributed by atoms with van der Waals surface area (Å²) in [7, 11) is 0. The van der Waals surface area contributed by atoms with Crippen LogP contribution in [0.5, 0.6) is 0 Å². The van der Waals surface area contributed by atoms with Crippen LogP contribution >= 0.6 is 0 Å². The molecular formula is C10H14O4. The van der Waals surface area contributed by atoms with Gasteiger partial charge in [0.05, 0.1) is 12.9 Å². The molecule has 0 aromatic carbocycles. The lowest BCUT2D eigenvalue weighted by atomic mass is 10.1. The molecule has 0 N–H and O–H groups in total. The monoisotopic (exact) mass is 198 g/mol. The van der Waals surface area contributed by atoms with Gasteiger partial charge in [0.1, 0.15) is 6.61 Å². The van der Waals surface area contributed by atoms with Crippen LogP contribution in [-0.4, -0.2) is 25.0 Å². The van der Waals surface area contributed by atoms with Gasteiger partial charge in [-0.05, 0) is 18.9 Å². The van der Waals surface area contributed by atoms with Gasteiger partial charge in [0.25, 0.3) is 5.97 Å². The van der Waals surface area contributed by atoms with Crippen molar-refractivity contribution in [1.29, 1.82) is 0 Å². The first-order valence-electron chi connectivity index (χ1n) is 5.14. The second kappa shape index (κ2) is 2.95. The molecule has 3 heterocycles. The number of ether oxygens (including phenoxy) is 4. The molecule has 3 aliphatic rings. The van der Waals surface area contributed by atoms with Crippen molar-refractivity contribution in [2.75, 3.05) is 13.2 Å². The summed E-state index contributed by atoms with van der Waals surface area (Å²) in [6, 6.07) is 0. The first-order chi connectivity index (χ1) is 6.83. The van der Waals surface area contributed by atoms with Gasteiger partial charge >= 0.3 is 0 Å². The van der Waals surface area contributed by atoms with E-state index in [0.29, 0.717) is 13.2 Å². The van der Waals surface area contributed by atoms with Crippen molar-refractivity contribution in [3.05, 3.63) is 12.3 Å². The SMILES string of the molecule is C1=COC2(CC1)COC1(CCCO1)O2. The second-order valence-electron chi connectivity index (χ2n) is 3.96. The van der Waals surface area contributed by atoms with E-state index in [1.807, 2.05) is 6.08 Å². The molecule has 0 aromatic heterocycles. The largest absolute Gasteiger partial charge is 0.468 e. The molecule has 14 heavy (non-hydrogen) atoms. The number of rotatable bonds is 0. The van der Waals surface area contributed by atoms with E-state index < -0.39 is 11.8 Å². The van der Waals surface area contributed by atoms with Crippen LogP contribution < -0.4 is 0 Å². The van der Waals surface area contributed by atoms with Crippen LogP contribution in [-0.2, 0) is 18.9 Å². The fourth-order valence-electron chi connectivity index (χ4n) is 2.13. The summed E-state index contributed by atoms with van der Waals surface area (Å²) < 4.78 is 22.4. The average molecular weight is 198 g/mol. The average Bonchev–Trinajstić information content (AvgIpc) is 2.78. The van der Waals surface area contributed by atoms with Gasteiger partial charge in [-0.15, -0.1) is 0 Å². The summed E-state index contributed by atoms with van der Waals surface area (Å²) >= 11 is 0. The van der Waals surface area contributed by atoms with Crippen LogP contribution in [0.15, 0.2) is 12.3 Å². The van der Waals surface area contributed by atoms with Crippen molar-refractivity contribution in [2.45, 2.75) is 37.4 Å². The maximum absolute atomic E-state index is 5.82. The zero-order chi connectivity index (χ0) is 9.49. The molecule has 2 spiro atoms. The number of allylic oxidation sites excluding steroid dienone is 1. The third-order valence-corrected chi connectivity index (χ3v) is 2.87. The van der Waals surface area contributed by atoms with Gasteiger partial charge in [-0.3, -0.25) is 4.74 Å². The van der Waals surface area contributed by atoms with E-state index in [4.69, 9.17) is 18.9 Å². The Kier molecular flexibility index (Phi) is 1.84. The van der Waals surface area contributed by atoms with E-state index in [1.54, 1.807) is 6.26 Å². The Morgan fingerprint density at radius 1 is 1.14 bits per heavy atom. The molecule has 0 saturated carbocycles. The van der Waals surface area contributed by atoms with Crippen molar-refractivity contribution in [1.82, 2.24) is 0 Å². The molecular weight excluding hydrogens is 184 g/mol. The predicted molar refractivity (Wildman–Crippen MR) is 47.1 cm³/mol. The van der Waals surface area contributed by atoms with Crippen molar-refractivity contribution >= 4 is 0 Å². The fraction of sp³-hybridized carbons (Fsp3) is 0.800. The highest BCUT2D eigenvalue weighted by atomic mass is 16.9. The molecule has 2 atom stereocenters. The Balaban J connectivity index is 1.76. The molecule has 3 aliphatic heterocycles. The van der Waals surface area contributed by atoms with E-state index in [-0.39, 0.29) is 0 Å². The van der Waals surface area contributed by atoms with Crippen LogP contribution in [0.4, 0.5) is 0 Å². The lowest BCUT2D eigenvalue weighted by Crippen LogP contribution is -2.38. The quantitative estimate of drug-likeness (QED) is 0.591. The summed E-state index contributed by atoms with van der Waals surface area (Å²) in [6.07, 6.45) is 7.30. The molecule has 0 aromatic rings. The third kappa shape index (κ3) is 1.26. The molecule has 0 amide bonds. The molecule has 4 nitrogen and oxygen atoms in total. The normalized spacial score (nSPS) is 46.3. The van der Waals surface area contributed by atoms with Crippen LogP contribution in [0.25, 0.3) is 0 Å². The molecule has 0 aliphatic carbocycles. The van der Waals surface area contributed by atoms with Crippen molar-refractivity contribution in [2.24, 2.45) is 0 Å². The Bertz CT molecular complexity index is 257. The highest BCUT2D eigenvalue weighted by molar-refractivity contribution is 4.91. The number of hydrogen-bond donors (Lipinski definition) is 0. The Hall–Kier alpha value is -0.580. The molecule has 78 valence electrons. The smallest absolute Gasteiger partial charge is 0.286 e. The molecule has 2 fully saturated rings. The van der Waals surface area contributed by atoms with Crippen LogP contribution in [0.1, 0.15) is 25.7 Å². The Morgan fingerprint density at radius 2 is 2.14 bits per heavy atom. The lowest BCUT2D eigenvalue weighted by molar-refractivity contribution is -0.349. The maximum Gasteiger partial charge on any atom is 0.286 e. The summed E-state index contributed by atoms with van der Waals surface area (Å²) in [5.41, 5.74) is 0. The highest BCUT2D eigenvalue weighted by Gasteiger charge is 2.54. The Morgan fingerprint density at radius 3 is 2.86 bits per heavy atom. The van der Waals surface area contributed by atoms with E-state index in [1.165, 1.54) is 0 Å². The molecule has 3 rings (SSSR count). The van der Waals surface area contributed by atoms with E-state index >= 15 is 0 Å². The maximum atomic E-state index is 5.82. The first-order valence-corrected chi connectivity index (χ1v) is 5.14. The van der Waals surface area contributed by atoms with Gasteiger partial charge in [0.2, 0.25) is 5.79 Å². The summed E-state index contributed by atoms with van der Waals surface area (Å²) in [5.74, 6) is -1.38. The minimum atomic E-state index is -0.800. The van der Waals surface area contributed by atoms with Gasteiger partial charge in [-0.25, -0.2) is 0 Å². The summed E-state index contributed by atoms with van der Waals surface area (Å²) in [6.45, 7) is 1.18. The van der Waals surface area contributed by atoms with Gasteiger partial charge in [-0.1, -0.05) is 0 Å². The van der Waals surface area contributed by atoms with Crippen molar-refractivity contribution in [3.8, 4) is 0 Å². The van der Waals surface area contributed by atoms with Crippen molar-refractivity contribution in [3.63, 3.8) is 0 Å². The zero-order valence-corrected chi connectivity index (χ0v) is 8.03. The van der Waals surface area contributed by atoms with Crippen LogP contribution in [0, 0.1) is 0 Å². The van der Waals surface area contributed by atoms with Gasteiger partial charge in [0, 0.05) is 12.8 Å². The predicted octanol–water partition coefficient (Wildman–Crippen LogP) is 1.52. The van der Waals surface area contributed by atoms with Gasteiger partial charge < -0.3 is 14.2 Å². The fourth-order valence-corrected chi connectivity index (χ4v) is 2.13.